The maximum atomic E-state index is 8.60. The molecule has 0 spiro atoms. The number of nitrogens with one attached hydrogen (secondary N) is 1. The van der Waals surface area contributed by atoms with Gasteiger partial charge in [-0.25, -0.2) is 4.98 Å². The van der Waals surface area contributed by atoms with Crippen molar-refractivity contribution in [3.8, 4) is 17.3 Å². The Labute approximate surface area is 101 Å². The summed E-state index contributed by atoms with van der Waals surface area (Å²) in [7, 11) is 1.85. The van der Waals surface area contributed by atoms with Crippen molar-refractivity contribution in [1.29, 1.82) is 5.26 Å². The highest BCUT2D eigenvalue weighted by Gasteiger charge is 2.00. The first-order valence-electron chi connectivity index (χ1n) is 5.44. The van der Waals surface area contributed by atoms with Crippen LogP contribution >= 0.6 is 0 Å². The van der Waals surface area contributed by atoms with E-state index in [1.165, 1.54) is 0 Å². The number of benzene rings is 1. The Bertz CT molecular complexity index is 538. The summed E-state index contributed by atoms with van der Waals surface area (Å²) in [6.07, 6.45) is 0.449. The molecule has 0 aliphatic carbocycles. The SMILES string of the molecule is CNc1cccc(-c2ccc(CC#N)cc2)n1. The second-order valence-electron chi connectivity index (χ2n) is 3.69. The summed E-state index contributed by atoms with van der Waals surface area (Å²) >= 11 is 0. The molecule has 0 radical (unpaired) electrons. The summed E-state index contributed by atoms with van der Waals surface area (Å²) in [5.74, 6) is 0.851. The topological polar surface area (TPSA) is 48.7 Å². The fourth-order valence-electron chi connectivity index (χ4n) is 1.62. The van der Waals surface area contributed by atoms with Crippen LogP contribution in [-0.2, 0) is 6.42 Å². The van der Waals surface area contributed by atoms with Crippen LogP contribution in [0.5, 0.6) is 0 Å². The van der Waals surface area contributed by atoms with E-state index >= 15 is 0 Å². The highest BCUT2D eigenvalue weighted by Crippen LogP contribution is 2.19. The van der Waals surface area contributed by atoms with Gasteiger partial charge in [0.1, 0.15) is 5.82 Å². The van der Waals surface area contributed by atoms with E-state index in [0.29, 0.717) is 6.42 Å². The zero-order chi connectivity index (χ0) is 12.1. The molecule has 0 unspecified atom stereocenters. The van der Waals surface area contributed by atoms with Crippen LogP contribution in [0.2, 0.25) is 0 Å². The average Bonchev–Trinajstić information content (AvgIpc) is 2.40. The smallest absolute Gasteiger partial charge is 0.126 e. The summed E-state index contributed by atoms with van der Waals surface area (Å²) in [4.78, 5) is 4.46. The molecule has 0 amide bonds. The Morgan fingerprint density at radius 3 is 2.59 bits per heavy atom. The van der Waals surface area contributed by atoms with Crippen molar-refractivity contribution in [3.63, 3.8) is 0 Å². The summed E-state index contributed by atoms with van der Waals surface area (Å²) in [6, 6.07) is 15.9. The van der Waals surface area contributed by atoms with Crippen molar-refractivity contribution in [2.45, 2.75) is 6.42 Å². The Balaban J connectivity index is 2.30. The molecule has 1 aromatic carbocycles. The van der Waals surface area contributed by atoms with E-state index in [1.807, 2.05) is 49.5 Å². The predicted molar refractivity (Wildman–Crippen MR) is 68.5 cm³/mol. The molecule has 2 aromatic rings. The number of nitriles is 1. The molecule has 0 saturated heterocycles. The van der Waals surface area contributed by atoms with E-state index in [4.69, 9.17) is 5.26 Å². The number of hydrogen-bond acceptors (Lipinski definition) is 3. The van der Waals surface area contributed by atoms with E-state index in [1.54, 1.807) is 0 Å². The Kier molecular flexibility index (Phi) is 3.37. The van der Waals surface area contributed by atoms with Gasteiger partial charge < -0.3 is 5.32 Å². The Hall–Kier alpha value is -2.34. The molecule has 0 aliphatic rings. The van der Waals surface area contributed by atoms with Crippen LogP contribution in [0.4, 0.5) is 5.82 Å². The van der Waals surface area contributed by atoms with E-state index in [0.717, 1.165) is 22.6 Å². The molecular formula is C14H13N3. The lowest BCUT2D eigenvalue weighted by molar-refractivity contribution is 1.25. The minimum absolute atomic E-state index is 0.449. The molecule has 2 rings (SSSR count). The summed E-state index contributed by atoms with van der Waals surface area (Å²) in [6.45, 7) is 0. The second-order valence-corrected chi connectivity index (χ2v) is 3.69. The molecule has 84 valence electrons. The van der Waals surface area contributed by atoms with Crippen LogP contribution in [0.1, 0.15) is 5.56 Å². The van der Waals surface area contributed by atoms with E-state index in [2.05, 4.69) is 16.4 Å². The molecule has 0 saturated carbocycles. The van der Waals surface area contributed by atoms with Gasteiger partial charge in [-0.15, -0.1) is 0 Å². The minimum atomic E-state index is 0.449. The molecule has 3 nitrogen and oxygen atoms in total. The number of pyridine rings is 1. The lowest BCUT2D eigenvalue weighted by atomic mass is 10.1. The van der Waals surface area contributed by atoms with Crippen molar-refractivity contribution >= 4 is 5.82 Å². The summed E-state index contributed by atoms with van der Waals surface area (Å²) in [5.41, 5.74) is 3.02. The first-order chi connectivity index (χ1) is 8.33. The van der Waals surface area contributed by atoms with E-state index < -0.39 is 0 Å². The molecule has 1 N–H and O–H groups in total. The fraction of sp³-hybridized carbons (Fsp3) is 0.143. The molecular weight excluding hydrogens is 210 g/mol. The third kappa shape index (κ3) is 2.61. The number of aromatic nitrogens is 1. The number of anilines is 1. The van der Waals surface area contributed by atoms with Gasteiger partial charge in [0.2, 0.25) is 0 Å². The van der Waals surface area contributed by atoms with Gasteiger partial charge in [-0.1, -0.05) is 30.3 Å². The summed E-state index contributed by atoms with van der Waals surface area (Å²) < 4.78 is 0. The Morgan fingerprint density at radius 1 is 1.18 bits per heavy atom. The maximum absolute atomic E-state index is 8.60. The average molecular weight is 223 g/mol. The number of rotatable bonds is 3. The van der Waals surface area contributed by atoms with Gasteiger partial charge in [-0.05, 0) is 17.7 Å². The lowest BCUT2D eigenvalue weighted by Gasteiger charge is -2.04. The molecule has 0 bridgehead atoms. The lowest BCUT2D eigenvalue weighted by Crippen LogP contribution is -1.93. The van der Waals surface area contributed by atoms with Crippen LogP contribution in [0.25, 0.3) is 11.3 Å². The number of hydrogen-bond donors (Lipinski definition) is 1. The van der Waals surface area contributed by atoms with Gasteiger partial charge in [0.25, 0.3) is 0 Å². The van der Waals surface area contributed by atoms with Crippen LogP contribution in [0, 0.1) is 11.3 Å². The van der Waals surface area contributed by atoms with Gasteiger partial charge in [0.15, 0.2) is 0 Å². The molecule has 1 aromatic heterocycles. The van der Waals surface area contributed by atoms with E-state index in [9.17, 15) is 0 Å². The van der Waals surface area contributed by atoms with Crippen LogP contribution in [0.15, 0.2) is 42.5 Å². The largest absolute Gasteiger partial charge is 0.373 e. The minimum Gasteiger partial charge on any atom is -0.373 e. The van der Waals surface area contributed by atoms with Gasteiger partial charge in [-0.2, -0.15) is 5.26 Å². The van der Waals surface area contributed by atoms with Gasteiger partial charge in [-0.3, -0.25) is 0 Å². The first kappa shape index (κ1) is 11.2. The third-order valence-corrected chi connectivity index (χ3v) is 2.54. The zero-order valence-electron chi connectivity index (χ0n) is 9.64. The van der Waals surface area contributed by atoms with Crippen molar-refractivity contribution in [2.75, 3.05) is 12.4 Å². The van der Waals surface area contributed by atoms with Crippen molar-refractivity contribution in [3.05, 3.63) is 48.0 Å². The highest BCUT2D eigenvalue weighted by molar-refractivity contribution is 5.61. The third-order valence-electron chi connectivity index (χ3n) is 2.54. The van der Waals surface area contributed by atoms with Crippen molar-refractivity contribution in [2.24, 2.45) is 0 Å². The normalized spacial score (nSPS) is 9.65. The molecule has 3 heteroatoms. The maximum Gasteiger partial charge on any atom is 0.126 e. The van der Waals surface area contributed by atoms with E-state index in [-0.39, 0.29) is 0 Å². The molecule has 0 fully saturated rings. The van der Waals surface area contributed by atoms with Gasteiger partial charge in [0, 0.05) is 12.6 Å². The standard InChI is InChI=1S/C14H13N3/c1-16-14-4-2-3-13(17-14)12-7-5-11(6-8-12)9-10-15/h2-8H,9H2,1H3,(H,16,17). The molecule has 17 heavy (non-hydrogen) atoms. The van der Waals surface area contributed by atoms with Gasteiger partial charge >= 0.3 is 0 Å². The summed E-state index contributed by atoms with van der Waals surface area (Å²) in [5, 5.41) is 11.6. The molecule has 1 heterocycles. The molecule has 0 atom stereocenters. The van der Waals surface area contributed by atoms with Crippen LogP contribution < -0.4 is 5.32 Å². The molecule has 0 aliphatic heterocycles. The van der Waals surface area contributed by atoms with Crippen molar-refractivity contribution in [1.82, 2.24) is 4.98 Å². The Morgan fingerprint density at radius 2 is 1.94 bits per heavy atom. The quantitative estimate of drug-likeness (QED) is 0.870. The van der Waals surface area contributed by atoms with Gasteiger partial charge in [0.05, 0.1) is 18.2 Å². The second kappa shape index (κ2) is 5.13. The fourth-order valence-corrected chi connectivity index (χ4v) is 1.62. The monoisotopic (exact) mass is 223 g/mol. The highest BCUT2D eigenvalue weighted by atomic mass is 15.0. The predicted octanol–water partition coefficient (Wildman–Crippen LogP) is 2.86. The van der Waals surface area contributed by atoms with Crippen LogP contribution in [0.3, 0.4) is 0 Å². The number of nitrogens with zero attached hydrogens (tertiary/aromatic N) is 2. The first-order valence-corrected chi connectivity index (χ1v) is 5.44. The van der Waals surface area contributed by atoms with Crippen LogP contribution in [-0.4, -0.2) is 12.0 Å². The zero-order valence-corrected chi connectivity index (χ0v) is 9.64. The van der Waals surface area contributed by atoms with Crippen molar-refractivity contribution < 1.29 is 0 Å².